The molecule has 6 heteroatoms. The van der Waals surface area contributed by atoms with Gasteiger partial charge in [-0.2, -0.15) is 0 Å². The van der Waals surface area contributed by atoms with Gasteiger partial charge in [-0.1, -0.05) is 42.1 Å². The Morgan fingerprint density at radius 1 is 1.39 bits per heavy atom. The number of ketones is 1. The molecule has 3 rings (SSSR count). The summed E-state index contributed by atoms with van der Waals surface area (Å²) in [5.41, 5.74) is 1.47. The summed E-state index contributed by atoms with van der Waals surface area (Å²) in [4.78, 5) is 16.6. The summed E-state index contributed by atoms with van der Waals surface area (Å²) < 4.78 is 7.64. The molecule has 1 fully saturated rings. The molecule has 122 valence electrons. The molecular weight excluding hydrogens is 312 g/mol. The summed E-state index contributed by atoms with van der Waals surface area (Å²) in [7, 11) is 0. The van der Waals surface area contributed by atoms with E-state index in [1.54, 1.807) is 6.20 Å². The number of hydrogen-bond donors (Lipinski definition) is 1. The van der Waals surface area contributed by atoms with Crippen LogP contribution < -0.4 is 0 Å². The van der Waals surface area contributed by atoms with Gasteiger partial charge in [0.2, 0.25) is 0 Å². The molecule has 5 nitrogen and oxygen atoms in total. The van der Waals surface area contributed by atoms with Crippen LogP contribution in [0.2, 0.25) is 0 Å². The Balaban J connectivity index is 1.67. The lowest BCUT2D eigenvalue weighted by Gasteiger charge is -2.15. The van der Waals surface area contributed by atoms with Crippen LogP contribution in [0, 0.1) is 0 Å². The van der Waals surface area contributed by atoms with Gasteiger partial charge in [-0.15, -0.1) is 0 Å². The fourth-order valence-corrected chi connectivity index (χ4v) is 3.56. The molecule has 1 aliphatic heterocycles. The third-order valence-corrected chi connectivity index (χ3v) is 4.89. The highest BCUT2D eigenvalue weighted by molar-refractivity contribution is 7.99. The number of Topliss-reactive ketones (excluding diaryl/α,β-unsaturated/α-hetero) is 1. The summed E-state index contributed by atoms with van der Waals surface area (Å²) in [6.45, 7) is 1.41. The van der Waals surface area contributed by atoms with E-state index in [2.05, 4.69) is 4.98 Å². The van der Waals surface area contributed by atoms with Crippen molar-refractivity contribution in [3.05, 3.63) is 47.8 Å². The Bertz CT molecular complexity index is 651. The van der Waals surface area contributed by atoms with Gasteiger partial charge in [0, 0.05) is 12.2 Å². The van der Waals surface area contributed by atoms with E-state index in [9.17, 15) is 9.90 Å². The van der Waals surface area contributed by atoms with Crippen molar-refractivity contribution in [2.75, 3.05) is 12.4 Å². The average Bonchev–Trinajstić information content (AvgIpc) is 3.24. The Morgan fingerprint density at radius 3 is 2.91 bits per heavy atom. The number of aromatic nitrogens is 2. The van der Waals surface area contributed by atoms with E-state index in [1.807, 2.05) is 34.9 Å². The molecule has 1 saturated heterocycles. The van der Waals surface area contributed by atoms with Crippen molar-refractivity contribution >= 4 is 17.5 Å². The monoisotopic (exact) mass is 332 g/mol. The average molecular weight is 332 g/mol. The SMILES string of the molecule is O=C(CSc1ncc(CO)n1C[C@@H]1CCCO1)c1ccccc1. The first kappa shape index (κ1) is 16.2. The van der Waals surface area contributed by atoms with Gasteiger partial charge >= 0.3 is 0 Å². The minimum Gasteiger partial charge on any atom is -0.390 e. The van der Waals surface area contributed by atoms with Crippen molar-refractivity contribution in [3.8, 4) is 0 Å². The van der Waals surface area contributed by atoms with E-state index >= 15 is 0 Å². The maximum Gasteiger partial charge on any atom is 0.173 e. The van der Waals surface area contributed by atoms with E-state index in [0.717, 1.165) is 30.3 Å². The second-order valence-electron chi connectivity index (χ2n) is 5.51. The molecule has 1 atom stereocenters. The Morgan fingerprint density at radius 2 is 2.22 bits per heavy atom. The first-order valence-electron chi connectivity index (χ1n) is 7.76. The molecule has 0 bridgehead atoms. The minimum absolute atomic E-state index is 0.0626. The summed E-state index contributed by atoms with van der Waals surface area (Å²) in [5.74, 6) is 0.407. The molecule has 1 aromatic heterocycles. The normalized spacial score (nSPS) is 17.5. The van der Waals surface area contributed by atoms with Crippen LogP contribution in [-0.2, 0) is 17.9 Å². The molecule has 1 aliphatic rings. The van der Waals surface area contributed by atoms with Crippen molar-refractivity contribution in [1.82, 2.24) is 9.55 Å². The highest BCUT2D eigenvalue weighted by Crippen LogP contribution is 2.23. The van der Waals surface area contributed by atoms with Crippen molar-refractivity contribution in [1.29, 1.82) is 0 Å². The Hall–Kier alpha value is -1.63. The summed E-state index contributed by atoms with van der Waals surface area (Å²) in [5, 5.41) is 10.2. The topological polar surface area (TPSA) is 64.3 Å². The first-order chi connectivity index (χ1) is 11.3. The van der Waals surface area contributed by atoms with Crippen LogP contribution in [0.15, 0.2) is 41.7 Å². The minimum atomic E-state index is -0.0626. The number of aliphatic hydroxyl groups is 1. The van der Waals surface area contributed by atoms with E-state index in [0.29, 0.717) is 17.9 Å². The van der Waals surface area contributed by atoms with Gasteiger partial charge in [0.05, 0.1) is 36.9 Å². The molecule has 1 aromatic carbocycles. The smallest absolute Gasteiger partial charge is 0.173 e. The zero-order valence-corrected chi connectivity index (χ0v) is 13.7. The van der Waals surface area contributed by atoms with Gasteiger partial charge in [0.1, 0.15) is 0 Å². The highest BCUT2D eigenvalue weighted by atomic mass is 32.2. The summed E-state index contributed by atoms with van der Waals surface area (Å²) >= 11 is 1.41. The summed E-state index contributed by atoms with van der Waals surface area (Å²) in [6, 6.07) is 9.26. The molecule has 23 heavy (non-hydrogen) atoms. The zero-order chi connectivity index (χ0) is 16.1. The summed E-state index contributed by atoms with van der Waals surface area (Å²) in [6.07, 6.45) is 3.93. The van der Waals surface area contributed by atoms with Crippen molar-refractivity contribution in [2.24, 2.45) is 0 Å². The third kappa shape index (κ3) is 4.02. The second kappa shape index (κ2) is 7.77. The molecular formula is C17H20N2O3S. The predicted molar refractivity (Wildman–Crippen MR) is 88.6 cm³/mol. The fraction of sp³-hybridized carbons (Fsp3) is 0.412. The highest BCUT2D eigenvalue weighted by Gasteiger charge is 2.20. The quantitative estimate of drug-likeness (QED) is 0.623. The van der Waals surface area contributed by atoms with Crippen molar-refractivity contribution in [3.63, 3.8) is 0 Å². The van der Waals surface area contributed by atoms with Gasteiger partial charge < -0.3 is 14.4 Å². The molecule has 0 radical (unpaired) electrons. The molecule has 0 unspecified atom stereocenters. The second-order valence-corrected chi connectivity index (χ2v) is 6.46. The van der Waals surface area contributed by atoms with E-state index < -0.39 is 0 Å². The molecule has 0 saturated carbocycles. The van der Waals surface area contributed by atoms with Gasteiger partial charge in [-0.3, -0.25) is 4.79 Å². The van der Waals surface area contributed by atoms with E-state index in [-0.39, 0.29) is 18.5 Å². The predicted octanol–water partition coefficient (Wildman–Crippen LogP) is 2.53. The molecule has 2 aromatic rings. The largest absolute Gasteiger partial charge is 0.390 e. The number of benzene rings is 1. The molecule has 1 N–H and O–H groups in total. The van der Waals surface area contributed by atoms with Crippen LogP contribution in [-0.4, -0.2) is 38.9 Å². The zero-order valence-electron chi connectivity index (χ0n) is 12.9. The number of imidazole rings is 1. The lowest BCUT2D eigenvalue weighted by Crippen LogP contribution is -2.18. The molecule has 0 aliphatic carbocycles. The lowest BCUT2D eigenvalue weighted by atomic mass is 10.2. The molecule has 0 amide bonds. The molecule has 2 heterocycles. The van der Waals surface area contributed by atoms with Crippen LogP contribution in [0.3, 0.4) is 0 Å². The van der Waals surface area contributed by atoms with Gasteiger partial charge in [-0.25, -0.2) is 4.98 Å². The maximum atomic E-state index is 12.2. The van der Waals surface area contributed by atoms with Gasteiger partial charge in [0.15, 0.2) is 10.9 Å². The number of thioether (sulfide) groups is 1. The maximum absolute atomic E-state index is 12.2. The standard InChI is InChI=1S/C17H20N2O3S/c20-11-14-9-18-17(19(14)10-15-7-4-8-22-15)23-12-16(21)13-5-2-1-3-6-13/h1-3,5-6,9,15,20H,4,7-8,10-12H2/t15-/m0/s1. The lowest BCUT2D eigenvalue weighted by molar-refractivity contribution is 0.0930. The van der Waals surface area contributed by atoms with Crippen molar-refractivity contribution < 1.29 is 14.6 Å². The Labute approximate surface area is 139 Å². The number of carbonyl (C=O) groups is 1. The number of aliphatic hydroxyl groups excluding tert-OH is 1. The van der Waals surface area contributed by atoms with Gasteiger partial charge in [0.25, 0.3) is 0 Å². The van der Waals surface area contributed by atoms with Crippen LogP contribution in [0.25, 0.3) is 0 Å². The van der Waals surface area contributed by atoms with Crippen LogP contribution in [0.1, 0.15) is 28.9 Å². The number of rotatable bonds is 7. The van der Waals surface area contributed by atoms with Gasteiger partial charge in [-0.05, 0) is 12.8 Å². The van der Waals surface area contributed by atoms with Crippen LogP contribution in [0.5, 0.6) is 0 Å². The number of ether oxygens (including phenoxy) is 1. The van der Waals surface area contributed by atoms with E-state index in [1.165, 1.54) is 11.8 Å². The van der Waals surface area contributed by atoms with E-state index in [4.69, 9.17) is 4.74 Å². The third-order valence-electron chi connectivity index (χ3n) is 3.90. The molecule has 0 spiro atoms. The van der Waals surface area contributed by atoms with Crippen LogP contribution >= 0.6 is 11.8 Å². The van der Waals surface area contributed by atoms with Crippen molar-refractivity contribution in [2.45, 2.75) is 37.3 Å². The fourth-order valence-electron chi connectivity index (χ4n) is 2.66. The first-order valence-corrected chi connectivity index (χ1v) is 8.74. The number of nitrogens with zero attached hydrogens (tertiary/aromatic N) is 2. The number of hydrogen-bond acceptors (Lipinski definition) is 5. The van der Waals surface area contributed by atoms with Crippen LogP contribution in [0.4, 0.5) is 0 Å². The number of carbonyl (C=O) groups excluding carboxylic acids is 1. The Kier molecular flexibility index (Phi) is 5.48.